The third-order valence-electron chi connectivity index (χ3n) is 2.72. The van der Waals surface area contributed by atoms with Gasteiger partial charge in [-0.2, -0.15) is 13.2 Å². The molecule has 0 bridgehead atoms. The van der Waals surface area contributed by atoms with Gasteiger partial charge in [0.15, 0.2) is 0 Å². The van der Waals surface area contributed by atoms with E-state index in [2.05, 4.69) is 5.32 Å². The van der Waals surface area contributed by atoms with Crippen molar-refractivity contribution >= 4 is 0 Å². The Morgan fingerprint density at radius 3 is 2.14 bits per heavy atom. The Hall–Kier alpha value is -0.250. The highest BCUT2D eigenvalue weighted by Crippen LogP contribution is 2.37. The molecule has 0 aromatic rings. The Kier molecular flexibility index (Phi) is 3.81. The highest BCUT2D eigenvalue weighted by Gasteiger charge is 2.45. The van der Waals surface area contributed by atoms with Crippen LogP contribution in [-0.2, 0) is 0 Å². The zero-order valence-corrected chi connectivity index (χ0v) is 8.69. The molecule has 4 heteroatoms. The summed E-state index contributed by atoms with van der Waals surface area (Å²) in [5.41, 5.74) is 0. The molecule has 14 heavy (non-hydrogen) atoms. The van der Waals surface area contributed by atoms with Crippen molar-refractivity contribution in [1.82, 2.24) is 5.32 Å². The van der Waals surface area contributed by atoms with Crippen LogP contribution in [0.1, 0.15) is 33.1 Å². The maximum atomic E-state index is 12.6. The van der Waals surface area contributed by atoms with Crippen LogP contribution in [0.25, 0.3) is 0 Å². The lowest BCUT2D eigenvalue weighted by Gasteiger charge is -2.35. The van der Waals surface area contributed by atoms with Gasteiger partial charge in [0.1, 0.15) is 6.04 Å². The van der Waals surface area contributed by atoms with Gasteiger partial charge in [0, 0.05) is 0 Å². The Balaban J connectivity index is 2.44. The topological polar surface area (TPSA) is 12.0 Å². The van der Waals surface area contributed by atoms with Crippen LogP contribution in [0.3, 0.4) is 0 Å². The van der Waals surface area contributed by atoms with Crippen molar-refractivity contribution in [2.45, 2.75) is 45.3 Å². The molecule has 0 aromatic carbocycles. The Bertz CT molecular complexity index is 173. The first-order chi connectivity index (χ1) is 6.41. The van der Waals surface area contributed by atoms with Crippen LogP contribution in [0.2, 0.25) is 0 Å². The van der Waals surface area contributed by atoms with Crippen LogP contribution in [0.5, 0.6) is 0 Å². The second-order valence-corrected chi connectivity index (χ2v) is 4.51. The molecule has 1 unspecified atom stereocenters. The van der Waals surface area contributed by atoms with E-state index in [1.54, 1.807) is 0 Å². The highest BCUT2D eigenvalue weighted by molar-refractivity contribution is 4.87. The van der Waals surface area contributed by atoms with E-state index in [0.717, 1.165) is 19.3 Å². The first-order valence-electron chi connectivity index (χ1n) is 5.21. The Morgan fingerprint density at radius 1 is 1.29 bits per heavy atom. The lowest BCUT2D eigenvalue weighted by atomic mass is 9.79. The van der Waals surface area contributed by atoms with E-state index in [0.29, 0.717) is 6.54 Å². The molecule has 0 spiro atoms. The summed E-state index contributed by atoms with van der Waals surface area (Å²) < 4.78 is 37.7. The summed E-state index contributed by atoms with van der Waals surface area (Å²) in [6.45, 7) is 4.28. The van der Waals surface area contributed by atoms with Crippen LogP contribution < -0.4 is 5.32 Å². The minimum Gasteiger partial charge on any atom is -0.306 e. The number of rotatable bonds is 4. The predicted molar refractivity (Wildman–Crippen MR) is 50.0 cm³/mol. The summed E-state index contributed by atoms with van der Waals surface area (Å²) in [5.74, 6) is 0.0775. The van der Waals surface area contributed by atoms with Crippen molar-refractivity contribution < 1.29 is 13.2 Å². The second-order valence-electron chi connectivity index (χ2n) is 4.51. The molecule has 0 saturated heterocycles. The predicted octanol–water partition coefficient (Wildman–Crippen LogP) is 2.96. The van der Waals surface area contributed by atoms with Gasteiger partial charge < -0.3 is 5.32 Å². The van der Waals surface area contributed by atoms with Crippen molar-refractivity contribution in [3.05, 3.63) is 0 Å². The Morgan fingerprint density at radius 2 is 1.86 bits per heavy atom. The number of alkyl halides is 3. The SMILES string of the molecule is CC(C)CNC(C1CCC1)C(F)(F)F. The summed E-state index contributed by atoms with van der Waals surface area (Å²) >= 11 is 0. The standard InChI is InChI=1S/C10H18F3N/c1-7(2)6-14-9(10(11,12)13)8-4-3-5-8/h7-9,14H,3-6H2,1-2H3. The molecule has 1 nitrogen and oxygen atoms in total. The van der Waals surface area contributed by atoms with E-state index in [1.807, 2.05) is 13.8 Å². The van der Waals surface area contributed by atoms with Crippen molar-refractivity contribution in [2.24, 2.45) is 11.8 Å². The normalized spacial score (nSPS) is 21.0. The van der Waals surface area contributed by atoms with Gasteiger partial charge in [-0.1, -0.05) is 20.3 Å². The van der Waals surface area contributed by atoms with Crippen LogP contribution in [0, 0.1) is 11.8 Å². The highest BCUT2D eigenvalue weighted by atomic mass is 19.4. The Labute approximate surface area is 83.1 Å². The van der Waals surface area contributed by atoms with E-state index < -0.39 is 12.2 Å². The van der Waals surface area contributed by atoms with Gasteiger partial charge in [0.05, 0.1) is 0 Å². The fourth-order valence-electron chi connectivity index (χ4n) is 1.69. The monoisotopic (exact) mass is 209 g/mol. The van der Waals surface area contributed by atoms with Crippen LogP contribution in [0.15, 0.2) is 0 Å². The first kappa shape index (κ1) is 11.8. The smallest absolute Gasteiger partial charge is 0.306 e. The van der Waals surface area contributed by atoms with Gasteiger partial charge in [0.2, 0.25) is 0 Å². The van der Waals surface area contributed by atoms with E-state index in [9.17, 15) is 13.2 Å². The number of nitrogens with one attached hydrogen (secondary N) is 1. The molecule has 0 amide bonds. The molecule has 1 fully saturated rings. The molecular weight excluding hydrogens is 191 g/mol. The summed E-state index contributed by atoms with van der Waals surface area (Å²) in [4.78, 5) is 0. The fourth-order valence-corrected chi connectivity index (χ4v) is 1.69. The molecule has 1 aliphatic carbocycles. The molecule has 1 aliphatic rings. The van der Waals surface area contributed by atoms with Crippen LogP contribution in [0.4, 0.5) is 13.2 Å². The van der Waals surface area contributed by atoms with Gasteiger partial charge in [-0.3, -0.25) is 0 Å². The molecule has 1 rings (SSSR count). The van der Waals surface area contributed by atoms with E-state index >= 15 is 0 Å². The largest absolute Gasteiger partial charge is 0.404 e. The average Bonchev–Trinajstić information content (AvgIpc) is 1.90. The maximum absolute atomic E-state index is 12.6. The van der Waals surface area contributed by atoms with Gasteiger partial charge in [-0.25, -0.2) is 0 Å². The molecule has 1 saturated carbocycles. The van der Waals surface area contributed by atoms with Gasteiger partial charge in [-0.15, -0.1) is 0 Å². The molecule has 84 valence electrons. The van der Waals surface area contributed by atoms with Crippen molar-refractivity contribution in [3.63, 3.8) is 0 Å². The maximum Gasteiger partial charge on any atom is 0.404 e. The average molecular weight is 209 g/mol. The number of hydrogen-bond donors (Lipinski definition) is 1. The lowest BCUT2D eigenvalue weighted by Crippen LogP contribution is -2.50. The fraction of sp³-hybridized carbons (Fsp3) is 1.00. The second kappa shape index (κ2) is 4.51. The molecule has 1 atom stereocenters. The zero-order valence-electron chi connectivity index (χ0n) is 8.69. The summed E-state index contributed by atoms with van der Waals surface area (Å²) in [5, 5.41) is 2.64. The lowest BCUT2D eigenvalue weighted by molar-refractivity contribution is -0.174. The van der Waals surface area contributed by atoms with Gasteiger partial charge >= 0.3 is 6.18 Å². The van der Waals surface area contributed by atoms with E-state index in [4.69, 9.17) is 0 Å². The quantitative estimate of drug-likeness (QED) is 0.750. The molecular formula is C10H18F3N. The van der Waals surface area contributed by atoms with Gasteiger partial charge in [-0.05, 0) is 31.2 Å². The number of halogens is 3. The third-order valence-corrected chi connectivity index (χ3v) is 2.72. The molecule has 0 radical (unpaired) electrons. The van der Waals surface area contributed by atoms with Crippen molar-refractivity contribution in [2.75, 3.05) is 6.54 Å². The van der Waals surface area contributed by atoms with Crippen LogP contribution >= 0.6 is 0 Å². The minimum atomic E-state index is -4.08. The zero-order chi connectivity index (χ0) is 10.8. The summed E-state index contributed by atoms with van der Waals surface area (Å²) in [6.07, 6.45) is -1.70. The molecule has 0 heterocycles. The molecule has 0 aromatic heterocycles. The summed E-state index contributed by atoms with van der Waals surface area (Å²) in [7, 11) is 0. The first-order valence-corrected chi connectivity index (χ1v) is 5.21. The van der Waals surface area contributed by atoms with Crippen molar-refractivity contribution in [1.29, 1.82) is 0 Å². The minimum absolute atomic E-state index is 0.186. The van der Waals surface area contributed by atoms with Crippen molar-refractivity contribution in [3.8, 4) is 0 Å². The van der Waals surface area contributed by atoms with E-state index in [-0.39, 0.29) is 11.8 Å². The molecule has 0 aliphatic heterocycles. The number of hydrogen-bond acceptors (Lipinski definition) is 1. The van der Waals surface area contributed by atoms with E-state index in [1.165, 1.54) is 0 Å². The summed E-state index contributed by atoms with van der Waals surface area (Å²) in [6, 6.07) is -1.28. The molecule has 1 N–H and O–H groups in total. The van der Waals surface area contributed by atoms with Crippen LogP contribution in [-0.4, -0.2) is 18.8 Å². The third kappa shape index (κ3) is 3.15. The van der Waals surface area contributed by atoms with Gasteiger partial charge in [0.25, 0.3) is 0 Å².